The van der Waals surface area contributed by atoms with Gasteiger partial charge in [0, 0.05) is 13.0 Å². The van der Waals surface area contributed by atoms with Gasteiger partial charge in [-0.15, -0.1) is 0 Å². The van der Waals surface area contributed by atoms with Crippen LogP contribution in [0.25, 0.3) is 0 Å². The largest absolute Gasteiger partial charge is 0.426 e. The SMILES string of the molecule is CCOCCC(=O)Oc1ccc(CCC(C)=O)cc1. The van der Waals surface area contributed by atoms with Crippen LogP contribution in [0.1, 0.15) is 32.3 Å². The zero-order valence-corrected chi connectivity index (χ0v) is 11.5. The molecule has 0 aliphatic heterocycles. The van der Waals surface area contributed by atoms with Crippen LogP contribution < -0.4 is 4.74 Å². The summed E-state index contributed by atoms with van der Waals surface area (Å²) < 4.78 is 10.2. The van der Waals surface area contributed by atoms with Crippen molar-refractivity contribution in [2.24, 2.45) is 0 Å². The highest BCUT2D eigenvalue weighted by molar-refractivity contribution is 5.75. The molecule has 0 aliphatic rings. The number of ether oxygens (including phenoxy) is 2. The lowest BCUT2D eigenvalue weighted by Crippen LogP contribution is -2.11. The maximum Gasteiger partial charge on any atom is 0.313 e. The van der Waals surface area contributed by atoms with E-state index in [2.05, 4.69) is 0 Å². The van der Waals surface area contributed by atoms with Crippen LogP contribution in [-0.4, -0.2) is 25.0 Å². The number of rotatable bonds is 8. The lowest BCUT2D eigenvalue weighted by atomic mass is 10.1. The maximum absolute atomic E-state index is 11.4. The van der Waals surface area contributed by atoms with Gasteiger partial charge in [0.2, 0.25) is 0 Å². The van der Waals surface area contributed by atoms with E-state index in [9.17, 15) is 9.59 Å². The summed E-state index contributed by atoms with van der Waals surface area (Å²) in [5.41, 5.74) is 1.06. The third-order valence-corrected chi connectivity index (χ3v) is 2.58. The van der Waals surface area contributed by atoms with E-state index in [0.717, 1.165) is 5.56 Å². The molecule has 1 rings (SSSR count). The Labute approximate surface area is 113 Å². The molecular weight excluding hydrogens is 244 g/mol. The summed E-state index contributed by atoms with van der Waals surface area (Å²) in [6.45, 7) is 4.43. The molecule has 0 N–H and O–H groups in total. The fourth-order valence-corrected chi connectivity index (χ4v) is 1.53. The number of carbonyl (C=O) groups is 2. The van der Waals surface area contributed by atoms with Crippen molar-refractivity contribution >= 4 is 11.8 Å². The first-order valence-corrected chi connectivity index (χ1v) is 6.48. The molecule has 104 valence electrons. The predicted molar refractivity (Wildman–Crippen MR) is 72.2 cm³/mol. The monoisotopic (exact) mass is 264 g/mol. The van der Waals surface area contributed by atoms with Crippen molar-refractivity contribution in [3.63, 3.8) is 0 Å². The van der Waals surface area contributed by atoms with Gasteiger partial charge < -0.3 is 14.3 Å². The molecule has 0 spiro atoms. The van der Waals surface area contributed by atoms with Crippen LogP contribution in [0.4, 0.5) is 0 Å². The molecule has 0 saturated heterocycles. The highest BCUT2D eigenvalue weighted by Gasteiger charge is 2.05. The van der Waals surface area contributed by atoms with Gasteiger partial charge in [-0.3, -0.25) is 4.79 Å². The molecule has 0 aromatic heterocycles. The van der Waals surface area contributed by atoms with Crippen molar-refractivity contribution in [2.75, 3.05) is 13.2 Å². The number of aryl methyl sites for hydroxylation is 1. The molecule has 0 atom stereocenters. The van der Waals surface area contributed by atoms with Gasteiger partial charge in [0.25, 0.3) is 0 Å². The van der Waals surface area contributed by atoms with Crippen molar-refractivity contribution in [3.05, 3.63) is 29.8 Å². The van der Waals surface area contributed by atoms with Crippen molar-refractivity contribution in [2.45, 2.75) is 33.1 Å². The lowest BCUT2D eigenvalue weighted by Gasteiger charge is -2.05. The Morgan fingerprint density at radius 1 is 1.11 bits per heavy atom. The molecule has 19 heavy (non-hydrogen) atoms. The average molecular weight is 264 g/mol. The van der Waals surface area contributed by atoms with Gasteiger partial charge in [-0.1, -0.05) is 12.1 Å². The number of hydrogen-bond acceptors (Lipinski definition) is 4. The smallest absolute Gasteiger partial charge is 0.313 e. The van der Waals surface area contributed by atoms with Crippen LogP contribution in [0, 0.1) is 0 Å². The van der Waals surface area contributed by atoms with Gasteiger partial charge in [0.05, 0.1) is 13.0 Å². The molecule has 1 aromatic carbocycles. The van der Waals surface area contributed by atoms with Crippen molar-refractivity contribution in [1.82, 2.24) is 0 Å². The summed E-state index contributed by atoms with van der Waals surface area (Å²) in [5, 5.41) is 0. The van der Waals surface area contributed by atoms with Gasteiger partial charge in [-0.25, -0.2) is 0 Å². The van der Waals surface area contributed by atoms with E-state index in [0.29, 0.717) is 31.8 Å². The van der Waals surface area contributed by atoms with E-state index in [1.807, 2.05) is 19.1 Å². The minimum Gasteiger partial charge on any atom is -0.426 e. The van der Waals surface area contributed by atoms with Gasteiger partial charge in [0.15, 0.2) is 0 Å². The van der Waals surface area contributed by atoms with Crippen LogP contribution >= 0.6 is 0 Å². The highest BCUT2D eigenvalue weighted by atomic mass is 16.5. The molecule has 0 saturated carbocycles. The molecular formula is C15H20O4. The summed E-state index contributed by atoms with van der Waals surface area (Å²) in [6, 6.07) is 7.23. The molecule has 0 aliphatic carbocycles. The Bertz CT molecular complexity index is 409. The summed E-state index contributed by atoms with van der Waals surface area (Å²) in [7, 11) is 0. The second kappa shape index (κ2) is 8.43. The summed E-state index contributed by atoms with van der Waals surface area (Å²) in [6.07, 6.45) is 1.50. The van der Waals surface area contributed by atoms with Gasteiger partial charge >= 0.3 is 5.97 Å². The topological polar surface area (TPSA) is 52.6 Å². The third-order valence-electron chi connectivity index (χ3n) is 2.58. The van der Waals surface area contributed by atoms with Crippen molar-refractivity contribution in [1.29, 1.82) is 0 Å². The molecule has 0 heterocycles. The number of ketones is 1. The summed E-state index contributed by atoms with van der Waals surface area (Å²) >= 11 is 0. The first-order chi connectivity index (χ1) is 9.11. The molecule has 1 aromatic rings. The first kappa shape index (κ1) is 15.4. The van der Waals surface area contributed by atoms with Crippen LogP contribution in [0.5, 0.6) is 5.75 Å². The molecule has 0 unspecified atom stereocenters. The zero-order chi connectivity index (χ0) is 14.1. The zero-order valence-electron chi connectivity index (χ0n) is 11.5. The van der Waals surface area contributed by atoms with E-state index in [1.54, 1.807) is 19.1 Å². The van der Waals surface area contributed by atoms with E-state index in [1.165, 1.54) is 0 Å². The number of carbonyl (C=O) groups excluding carboxylic acids is 2. The van der Waals surface area contributed by atoms with Gasteiger partial charge in [-0.2, -0.15) is 0 Å². The van der Waals surface area contributed by atoms with Crippen LogP contribution in [0.3, 0.4) is 0 Å². The summed E-state index contributed by atoms with van der Waals surface area (Å²) in [4.78, 5) is 22.3. The molecule has 4 heteroatoms. The first-order valence-electron chi connectivity index (χ1n) is 6.48. The number of benzene rings is 1. The van der Waals surface area contributed by atoms with E-state index in [4.69, 9.17) is 9.47 Å². The number of Topliss-reactive ketones (excluding diaryl/α,β-unsaturated/α-hetero) is 1. The Morgan fingerprint density at radius 3 is 2.37 bits per heavy atom. The fraction of sp³-hybridized carbons (Fsp3) is 0.467. The van der Waals surface area contributed by atoms with Crippen molar-refractivity contribution < 1.29 is 19.1 Å². The second-order valence-corrected chi connectivity index (χ2v) is 4.27. The van der Waals surface area contributed by atoms with Crippen LogP contribution in [-0.2, 0) is 20.7 Å². The number of esters is 1. The number of hydrogen-bond donors (Lipinski definition) is 0. The Balaban J connectivity index is 2.39. The van der Waals surface area contributed by atoms with E-state index >= 15 is 0 Å². The Hall–Kier alpha value is -1.68. The van der Waals surface area contributed by atoms with Crippen LogP contribution in [0.2, 0.25) is 0 Å². The normalized spacial score (nSPS) is 10.2. The van der Waals surface area contributed by atoms with Crippen molar-refractivity contribution in [3.8, 4) is 5.75 Å². The van der Waals surface area contributed by atoms with Gasteiger partial charge in [-0.05, 0) is 38.0 Å². The molecule has 0 radical (unpaired) electrons. The molecule has 0 amide bonds. The molecule has 0 bridgehead atoms. The average Bonchev–Trinajstić information content (AvgIpc) is 2.38. The quantitative estimate of drug-likeness (QED) is 0.411. The standard InChI is InChI=1S/C15H20O4/c1-3-18-11-10-15(17)19-14-8-6-13(7-9-14)5-4-12(2)16/h6-9H,3-5,10-11H2,1-2H3. The van der Waals surface area contributed by atoms with Gasteiger partial charge in [0.1, 0.15) is 11.5 Å². The highest BCUT2D eigenvalue weighted by Crippen LogP contribution is 2.14. The van der Waals surface area contributed by atoms with E-state index < -0.39 is 0 Å². The third kappa shape index (κ3) is 6.72. The minimum absolute atomic E-state index is 0.173. The second-order valence-electron chi connectivity index (χ2n) is 4.27. The maximum atomic E-state index is 11.4. The Kier molecular flexibility index (Phi) is 6.82. The summed E-state index contributed by atoms with van der Waals surface area (Å²) in [5.74, 6) is 0.393. The lowest BCUT2D eigenvalue weighted by molar-refractivity contribution is -0.135. The molecule has 0 fully saturated rings. The predicted octanol–water partition coefficient (Wildman–Crippen LogP) is 2.54. The minimum atomic E-state index is -0.301. The van der Waals surface area contributed by atoms with Crippen LogP contribution in [0.15, 0.2) is 24.3 Å². The van der Waals surface area contributed by atoms with E-state index in [-0.39, 0.29) is 18.2 Å². The molecule has 4 nitrogen and oxygen atoms in total. The fourth-order valence-electron chi connectivity index (χ4n) is 1.53. The Morgan fingerprint density at radius 2 is 1.79 bits per heavy atom.